The second kappa shape index (κ2) is 5.57. The number of morpholine rings is 1. The zero-order chi connectivity index (χ0) is 14.9. The lowest BCUT2D eigenvalue weighted by Gasteiger charge is -2.45. The molecule has 0 bridgehead atoms. The normalized spacial score (nSPS) is 21.5. The highest BCUT2D eigenvalue weighted by Crippen LogP contribution is 2.35. The number of hydrogen-bond acceptors (Lipinski definition) is 6. The maximum Gasteiger partial charge on any atom is 0.314 e. The Balaban J connectivity index is 1.90. The van der Waals surface area contributed by atoms with Crippen LogP contribution in [-0.4, -0.2) is 48.4 Å². The fraction of sp³-hybridized carbons (Fsp3) is 0.643. The zero-order valence-electron chi connectivity index (χ0n) is 12.1. The van der Waals surface area contributed by atoms with Crippen LogP contribution in [0.4, 0.5) is 11.5 Å². The fourth-order valence-corrected chi connectivity index (χ4v) is 3.06. The van der Waals surface area contributed by atoms with Crippen LogP contribution < -0.4 is 4.90 Å². The highest BCUT2D eigenvalue weighted by molar-refractivity contribution is 5.61. The van der Waals surface area contributed by atoms with Crippen LogP contribution in [0.2, 0.25) is 0 Å². The molecular weight excluding hydrogens is 274 g/mol. The predicted octanol–water partition coefficient (Wildman–Crippen LogP) is 1.68. The Morgan fingerprint density at radius 1 is 1.38 bits per heavy atom. The minimum atomic E-state index is -0.343. The van der Waals surface area contributed by atoms with Gasteiger partial charge in [0, 0.05) is 50.9 Å². The smallest absolute Gasteiger partial charge is 0.314 e. The summed E-state index contributed by atoms with van der Waals surface area (Å²) in [7, 11) is 0. The van der Waals surface area contributed by atoms with Gasteiger partial charge >= 0.3 is 5.69 Å². The quantitative estimate of drug-likeness (QED) is 0.610. The Labute approximate surface area is 123 Å². The SMILES string of the molecule is Cc1ccnc(N2CCOC3(CCOCC3)C2)c1[N+](=O)[O-]. The van der Waals surface area contributed by atoms with Gasteiger partial charge in [-0.25, -0.2) is 4.98 Å². The number of nitrogens with zero attached hydrogens (tertiary/aromatic N) is 3. The van der Waals surface area contributed by atoms with E-state index in [4.69, 9.17) is 9.47 Å². The van der Waals surface area contributed by atoms with Crippen molar-refractivity contribution in [2.24, 2.45) is 0 Å². The molecule has 3 rings (SSSR count). The van der Waals surface area contributed by atoms with Crippen LogP contribution in [0.15, 0.2) is 12.3 Å². The largest absolute Gasteiger partial charge is 0.381 e. The van der Waals surface area contributed by atoms with Gasteiger partial charge in [0.1, 0.15) is 0 Å². The first-order valence-corrected chi connectivity index (χ1v) is 7.18. The van der Waals surface area contributed by atoms with E-state index in [2.05, 4.69) is 4.98 Å². The topological polar surface area (TPSA) is 77.7 Å². The van der Waals surface area contributed by atoms with Gasteiger partial charge in [-0.3, -0.25) is 10.1 Å². The first-order valence-electron chi connectivity index (χ1n) is 7.18. The minimum Gasteiger partial charge on any atom is -0.381 e. The molecule has 0 unspecified atom stereocenters. The average Bonchev–Trinajstić information content (AvgIpc) is 2.47. The van der Waals surface area contributed by atoms with Gasteiger partial charge in [-0.2, -0.15) is 0 Å². The number of anilines is 1. The number of rotatable bonds is 2. The first kappa shape index (κ1) is 14.2. The summed E-state index contributed by atoms with van der Waals surface area (Å²) in [5.74, 6) is 0.453. The van der Waals surface area contributed by atoms with E-state index in [1.165, 1.54) is 0 Å². The molecule has 0 saturated carbocycles. The van der Waals surface area contributed by atoms with E-state index in [0.717, 1.165) is 12.8 Å². The predicted molar refractivity (Wildman–Crippen MR) is 76.6 cm³/mol. The lowest BCUT2D eigenvalue weighted by molar-refractivity contribution is -0.385. The number of aromatic nitrogens is 1. The van der Waals surface area contributed by atoms with Gasteiger partial charge in [0.25, 0.3) is 0 Å². The minimum absolute atomic E-state index is 0.0987. The van der Waals surface area contributed by atoms with E-state index >= 15 is 0 Å². The summed E-state index contributed by atoms with van der Waals surface area (Å²) in [6.07, 6.45) is 3.27. The molecular formula is C14H19N3O4. The van der Waals surface area contributed by atoms with Gasteiger partial charge in [0.15, 0.2) is 0 Å². The van der Waals surface area contributed by atoms with Crippen molar-refractivity contribution in [2.45, 2.75) is 25.4 Å². The molecule has 2 aliphatic heterocycles. The Bertz CT molecular complexity index is 538. The van der Waals surface area contributed by atoms with Crippen molar-refractivity contribution >= 4 is 11.5 Å². The molecule has 0 N–H and O–H groups in total. The maximum atomic E-state index is 11.3. The Morgan fingerprint density at radius 3 is 2.86 bits per heavy atom. The molecule has 0 atom stereocenters. The van der Waals surface area contributed by atoms with Crippen molar-refractivity contribution < 1.29 is 14.4 Å². The van der Waals surface area contributed by atoms with E-state index in [9.17, 15) is 10.1 Å². The lowest BCUT2D eigenvalue weighted by atomic mass is 9.92. The van der Waals surface area contributed by atoms with Gasteiger partial charge in [-0.05, 0) is 13.0 Å². The van der Waals surface area contributed by atoms with Crippen LogP contribution in [0.25, 0.3) is 0 Å². The number of ether oxygens (including phenoxy) is 2. The Kier molecular flexibility index (Phi) is 3.77. The van der Waals surface area contributed by atoms with Crippen LogP contribution in [0, 0.1) is 17.0 Å². The third-order valence-corrected chi connectivity index (χ3v) is 4.24. The summed E-state index contributed by atoms with van der Waals surface area (Å²) in [5, 5.41) is 11.3. The molecule has 114 valence electrons. The van der Waals surface area contributed by atoms with Crippen LogP contribution >= 0.6 is 0 Å². The molecule has 1 aromatic rings. The molecule has 2 aliphatic rings. The first-order chi connectivity index (χ1) is 10.1. The summed E-state index contributed by atoms with van der Waals surface area (Å²) >= 11 is 0. The van der Waals surface area contributed by atoms with E-state index in [0.29, 0.717) is 44.3 Å². The molecule has 0 radical (unpaired) electrons. The van der Waals surface area contributed by atoms with Crippen molar-refractivity contribution in [2.75, 3.05) is 37.8 Å². The summed E-state index contributed by atoms with van der Waals surface area (Å²) in [5.41, 5.74) is 0.481. The maximum absolute atomic E-state index is 11.3. The Hall–Kier alpha value is -1.73. The van der Waals surface area contributed by atoms with Crippen molar-refractivity contribution in [1.29, 1.82) is 0 Å². The molecule has 2 saturated heterocycles. The third kappa shape index (κ3) is 2.71. The molecule has 2 fully saturated rings. The van der Waals surface area contributed by atoms with Crippen molar-refractivity contribution in [3.8, 4) is 0 Å². The standard InChI is InChI=1S/C14H19N3O4/c1-11-2-5-15-13(12(11)17(18)19)16-6-9-21-14(10-16)3-7-20-8-4-14/h2,5H,3-4,6-10H2,1H3. The molecule has 7 heteroatoms. The Morgan fingerprint density at radius 2 is 2.14 bits per heavy atom. The summed E-state index contributed by atoms with van der Waals surface area (Å²) < 4.78 is 11.4. The lowest BCUT2D eigenvalue weighted by Crippen LogP contribution is -2.54. The number of pyridine rings is 1. The van der Waals surface area contributed by atoms with E-state index in [1.807, 2.05) is 4.90 Å². The summed E-state index contributed by atoms with van der Waals surface area (Å²) in [6, 6.07) is 1.67. The number of aryl methyl sites for hydroxylation is 1. The van der Waals surface area contributed by atoms with Crippen molar-refractivity contribution in [1.82, 2.24) is 4.98 Å². The average molecular weight is 293 g/mol. The molecule has 3 heterocycles. The van der Waals surface area contributed by atoms with Gasteiger partial charge in [0.05, 0.1) is 17.1 Å². The highest BCUT2D eigenvalue weighted by Gasteiger charge is 2.40. The highest BCUT2D eigenvalue weighted by atomic mass is 16.6. The third-order valence-electron chi connectivity index (χ3n) is 4.24. The molecule has 0 aliphatic carbocycles. The summed E-state index contributed by atoms with van der Waals surface area (Å²) in [4.78, 5) is 17.2. The number of nitro groups is 1. The molecule has 0 amide bonds. The van der Waals surface area contributed by atoms with Crippen molar-refractivity contribution in [3.63, 3.8) is 0 Å². The fourth-order valence-electron chi connectivity index (χ4n) is 3.06. The second-order valence-corrected chi connectivity index (χ2v) is 5.62. The van der Waals surface area contributed by atoms with Crippen LogP contribution in [0.5, 0.6) is 0 Å². The molecule has 21 heavy (non-hydrogen) atoms. The van der Waals surface area contributed by atoms with Crippen LogP contribution in [-0.2, 0) is 9.47 Å². The van der Waals surface area contributed by atoms with Crippen LogP contribution in [0.3, 0.4) is 0 Å². The van der Waals surface area contributed by atoms with Gasteiger partial charge < -0.3 is 14.4 Å². The zero-order valence-corrected chi connectivity index (χ0v) is 12.1. The van der Waals surface area contributed by atoms with E-state index < -0.39 is 0 Å². The number of hydrogen-bond donors (Lipinski definition) is 0. The van der Waals surface area contributed by atoms with Gasteiger partial charge in [-0.1, -0.05) is 0 Å². The molecule has 0 aromatic carbocycles. The van der Waals surface area contributed by atoms with E-state index in [-0.39, 0.29) is 16.2 Å². The molecule has 1 aromatic heterocycles. The van der Waals surface area contributed by atoms with Crippen LogP contribution in [0.1, 0.15) is 18.4 Å². The second-order valence-electron chi connectivity index (χ2n) is 5.62. The molecule has 1 spiro atoms. The monoisotopic (exact) mass is 293 g/mol. The summed E-state index contributed by atoms with van der Waals surface area (Å²) in [6.45, 7) is 4.92. The van der Waals surface area contributed by atoms with Crippen molar-refractivity contribution in [3.05, 3.63) is 27.9 Å². The van der Waals surface area contributed by atoms with Gasteiger partial charge in [-0.15, -0.1) is 0 Å². The van der Waals surface area contributed by atoms with Gasteiger partial charge in [0.2, 0.25) is 5.82 Å². The molecule has 7 nitrogen and oxygen atoms in total. The van der Waals surface area contributed by atoms with E-state index in [1.54, 1.807) is 19.2 Å².